The Hall–Kier alpha value is -1.24. The summed E-state index contributed by atoms with van der Waals surface area (Å²) in [6, 6.07) is 9.23. The number of benzene rings is 1. The van der Waals surface area contributed by atoms with Crippen molar-refractivity contribution in [1.82, 2.24) is 20.3 Å². The zero-order chi connectivity index (χ0) is 16.8. The van der Waals surface area contributed by atoms with Crippen molar-refractivity contribution >= 4 is 15.9 Å². The van der Waals surface area contributed by atoms with Gasteiger partial charge in [0.2, 0.25) is 0 Å². The Morgan fingerprint density at radius 2 is 2.08 bits per heavy atom. The SMILES string of the molecule is OCc1cn(CCCNC(Cc2ccc(Br)cc2)C2CCC2)nn1. The van der Waals surface area contributed by atoms with Gasteiger partial charge in [-0.3, -0.25) is 4.68 Å². The van der Waals surface area contributed by atoms with Crippen molar-refractivity contribution in [2.45, 2.75) is 51.3 Å². The lowest BCUT2D eigenvalue weighted by molar-refractivity contribution is 0.226. The van der Waals surface area contributed by atoms with Crippen LogP contribution in [0.4, 0.5) is 0 Å². The molecule has 1 aliphatic carbocycles. The quantitative estimate of drug-likeness (QED) is 0.643. The fraction of sp³-hybridized carbons (Fsp3) is 0.556. The van der Waals surface area contributed by atoms with Gasteiger partial charge in [-0.25, -0.2) is 0 Å². The Balaban J connectivity index is 1.46. The largest absolute Gasteiger partial charge is 0.390 e. The molecule has 5 nitrogen and oxygen atoms in total. The summed E-state index contributed by atoms with van der Waals surface area (Å²) >= 11 is 3.50. The fourth-order valence-electron chi connectivity index (χ4n) is 3.17. The molecule has 1 saturated carbocycles. The van der Waals surface area contributed by atoms with Crippen LogP contribution < -0.4 is 5.32 Å². The minimum atomic E-state index is -0.0464. The lowest BCUT2D eigenvalue weighted by atomic mass is 9.77. The molecule has 0 aliphatic heterocycles. The maximum atomic E-state index is 9.02. The molecule has 1 atom stereocenters. The number of hydrogen-bond acceptors (Lipinski definition) is 4. The van der Waals surface area contributed by atoms with Gasteiger partial charge in [0.15, 0.2) is 0 Å². The Morgan fingerprint density at radius 3 is 2.71 bits per heavy atom. The molecule has 2 N–H and O–H groups in total. The molecule has 0 bridgehead atoms. The highest BCUT2D eigenvalue weighted by Crippen LogP contribution is 2.31. The van der Waals surface area contributed by atoms with Crippen LogP contribution in [0.2, 0.25) is 0 Å². The summed E-state index contributed by atoms with van der Waals surface area (Å²) in [5.74, 6) is 0.806. The Labute approximate surface area is 151 Å². The van der Waals surface area contributed by atoms with Gasteiger partial charge in [-0.05, 0) is 55.8 Å². The maximum Gasteiger partial charge on any atom is 0.108 e. The average Bonchev–Trinajstić information content (AvgIpc) is 3.00. The number of hydrogen-bond donors (Lipinski definition) is 2. The van der Waals surface area contributed by atoms with E-state index in [9.17, 15) is 0 Å². The number of nitrogens with zero attached hydrogens (tertiary/aromatic N) is 3. The molecule has 1 fully saturated rings. The first-order valence-electron chi connectivity index (χ1n) is 8.72. The predicted molar refractivity (Wildman–Crippen MR) is 97.5 cm³/mol. The molecule has 2 aromatic rings. The number of halogens is 1. The van der Waals surface area contributed by atoms with Gasteiger partial charge < -0.3 is 10.4 Å². The third-order valence-electron chi connectivity index (χ3n) is 4.81. The van der Waals surface area contributed by atoms with Crippen LogP contribution in [-0.2, 0) is 19.6 Å². The first-order valence-corrected chi connectivity index (χ1v) is 9.51. The molecule has 6 heteroatoms. The molecule has 24 heavy (non-hydrogen) atoms. The van der Waals surface area contributed by atoms with Gasteiger partial charge in [0.05, 0.1) is 12.8 Å². The maximum absolute atomic E-state index is 9.02. The number of aliphatic hydroxyl groups is 1. The van der Waals surface area contributed by atoms with Gasteiger partial charge in [-0.2, -0.15) is 0 Å². The van der Waals surface area contributed by atoms with Gasteiger partial charge >= 0.3 is 0 Å². The number of aryl methyl sites for hydroxylation is 1. The fourth-order valence-corrected chi connectivity index (χ4v) is 3.44. The molecule has 1 aromatic carbocycles. The van der Waals surface area contributed by atoms with Crippen molar-refractivity contribution in [2.75, 3.05) is 6.54 Å². The molecule has 3 rings (SSSR count). The Kier molecular flexibility index (Phi) is 6.40. The third-order valence-corrected chi connectivity index (χ3v) is 5.34. The second-order valence-corrected chi connectivity index (χ2v) is 7.48. The minimum Gasteiger partial charge on any atom is -0.390 e. The highest BCUT2D eigenvalue weighted by atomic mass is 79.9. The molecule has 0 amide bonds. The number of rotatable bonds is 9. The van der Waals surface area contributed by atoms with Crippen LogP contribution in [0.3, 0.4) is 0 Å². The summed E-state index contributed by atoms with van der Waals surface area (Å²) < 4.78 is 2.94. The van der Waals surface area contributed by atoms with E-state index in [0.717, 1.165) is 36.3 Å². The molecule has 0 radical (unpaired) electrons. The number of aromatic nitrogens is 3. The van der Waals surface area contributed by atoms with Crippen molar-refractivity contribution in [3.63, 3.8) is 0 Å². The monoisotopic (exact) mass is 392 g/mol. The standard InChI is InChI=1S/C18H25BrN4O/c19-16-7-5-14(6-8-16)11-18(15-3-1-4-15)20-9-2-10-23-12-17(13-24)21-22-23/h5-8,12,15,18,20,24H,1-4,9-11,13H2. The van der Waals surface area contributed by atoms with Crippen molar-refractivity contribution < 1.29 is 5.11 Å². The van der Waals surface area contributed by atoms with Crippen LogP contribution in [0.25, 0.3) is 0 Å². The lowest BCUT2D eigenvalue weighted by Gasteiger charge is -2.34. The van der Waals surface area contributed by atoms with Gasteiger partial charge in [0.25, 0.3) is 0 Å². The van der Waals surface area contributed by atoms with E-state index in [0.29, 0.717) is 11.7 Å². The van der Waals surface area contributed by atoms with E-state index in [1.165, 1.54) is 24.8 Å². The van der Waals surface area contributed by atoms with E-state index < -0.39 is 0 Å². The number of aliphatic hydroxyl groups excluding tert-OH is 1. The van der Waals surface area contributed by atoms with E-state index >= 15 is 0 Å². The summed E-state index contributed by atoms with van der Waals surface area (Å²) in [6.45, 7) is 1.76. The van der Waals surface area contributed by atoms with Gasteiger partial charge in [0, 0.05) is 17.1 Å². The molecular formula is C18H25BrN4O. The first kappa shape index (κ1) is 17.6. The molecule has 1 heterocycles. The molecule has 0 spiro atoms. The Morgan fingerprint density at radius 1 is 1.29 bits per heavy atom. The third kappa shape index (κ3) is 4.88. The van der Waals surface area contributed by atoms with Gasteiger partial charge in [-0.15, -0.1) is 5.10 Å². The van der Waals surface area contributed by atoms with Gasteiger partial charge in [0.1, 0.15) is 5.69 Å². The average molecular weight is 393 g/mol. The summed E-state index contributed by atoms with van der Waals surface area (Å²) in [5.41, 5.74) is 2.03. The molecule has 1 unspecified atom stereocenters. The first-order chi connectivity index (χ1) is 11.7. The molecular weight excluding hydrogens is 368 g/mol. The van der Waals surface area contributed by atoms with Crippen LogP contribution in [0.5, 0.6) is 0 Å². The summed E-state index contributed by atoms with van der Waals surface area (Å²) in [4.78, 5) is 0. The zero-order valence-electron chi connectivity index (χ0n) is 13.9. The van der Waals surface area contributed by atoms with Crippen LogP contribution in [0.15, 0.2) is 34.9 Å². The van der Waals surface area contributed by atoms with Crippen molar-refractivity contribution in [1.29, 1.82) is 0 Å². The topological polar surface area (TPSA) is 63.0 Å². The van der Waals surface area contributed by atoms with Crippen molar-refractivity contribution in [2.24, 2.45) is 5.92 Å². The van der Waals surface area contributed by atoms with E-state index in [2.05, 4.69) is 55.8 Å². The highest BCUT2D eigenvalue weighted by Gasteiger charge is 2.26. The van der Waals surface area contributed by atoms with Crippen LogP contribution in [0.1, 0.15) is 36.9 Å². The lowest BCUT2D eigenvalue weighted by Crippen LogP contribution is -2.41. The van der Waals surface area contributed by atoms with Crippen LogP contribution in [-0.4, -0.2) is 32.7 Å². The predicted octanol–water partition coefficient (Wildman–Crippen LogP) is 2.92. The Bertz CT molecular complexity index is 624. The van der Waals surface area contributed by atoms with E-state index in [1.807, 2.05) is 6.20 Å². The molecule has 1 aliphatic rings. The zero-order valence-corrected chi connectivity index (χ0v) is 15.5. The summed E-state index contributed by atoms with van der Waals surface area (Å²) in [5, 5.41) is 20.7. The number of nitrogens with one attached hydrogen (secondary N) is 1. The second kappa shape index (κ2) is 8.74. The minimum absolute atomic E-state index is 0.0464. The highest BCUT2D eigenvalue weighted by molar-refractivity contribution is 9.10. The molecule has 1 aromatic heterocycles. The molecule has 130 valence electrons. The normalized spacial score (nSPS) is 16.1. The van der Waals surface area contributed by atoms with E-state index in [-0.39, 0.29) is 6.61 Å². The van der Waals surface area contributed by atoms with Crippen LogP contribution >= 0.6 is 15.9 Å². The van der Waals surface area contributed by atoms with Gasteiger partial charge in [-0.1, -0.05) is 39.7 Å². The smallest absolute Gasteiger partial charge is 0.108 e. The summed E-state index contributed by atoms with van der Waals surface area (Å²) in [7, 11) is 0. The van der Waals surface area contributed by atoms with Crippen molar-refractivity contribution in [3.05, 3.63) is 46.2 Å². The molecule has 0 saturated heterocycles. The second-order valence-electron chi connectivity index (χ2n) is 6.57. The van der Waals surface area contributed by atoms with E-state index in [4.69, 9.17) is 5.11 Å². The van der Waals surface area contributed by atoms with Crippen LogP contribution in [0, 0.1) is 5.92 Å². The van der Waals surface area contributed by atoms with E-state index in [1.54, 1.807) is 4.68 Å². The summed E-state index contributed by atoms with van der Waals surface area (Å²) in [6.07, 6.45) is 7.97. The van der Waals surface area contributed by atoms with Crippen molar-refractivity contribution in [3.8, 4) is 0 Å².